The molecule has 0 radical (unpaired) electrons. The number of methoxy groups -OCH3 is 1. The molecule has 0 aliphatic rings. The molecule has 4 heteroatoms. The van der Waals surface area contributed by atoms with Gasteiger partial charge in [-0.25, -0.2) is 0 Å². The Bertz CT molecular complexity index is 625. The number of benzene rings is 2. The van der Waals surface area contributed by atoms with Gasteiger partial charge in [0.1, 0.15) is 5.75 Å². The molecule has 0 heterocycles. The SMILES string of the molecule is COc1ccccc1[C@@H](O)CNC(=O)c1cccc(C)c1. The molecule has 2 rings (SSSR count). The Morgan fingerprint density at radius 3 is 2.71 bits per heavy atom. The highest BCUT2D eigenvalue weighted by atomic mass is 16.5. The molecule has 2 aromatic carbocycles. The average molecular weight is 285 g/mol. The van der Waals surface area contributed by atoms with Gasteiger partial charge in [0.25, 0.3) is 5.91 Å². The van der Waals surface area contributed by atoms with Crippen LogP contribution in [0.5, 0.6) is 5.75 Å². The third-order valence-corrected chi connectivity index (χ3v) is 3.23. The molecule has 0 bridgehead atoms. The third kappa shape index (κ3) is 3.83. The lowest BCUT2D eigenvalue weighted by molar-refractivity contribution is 0.0914. The molecule has 0 spiro atoms. The van der Waals surface area contributed by atoms with Crippen LogP contribution in [0.3, 0.4) is 0 Å². The lowest BCUT2D eigenvalue weighted by Crippen LogP contribution is -2.28. The Labute approximate surface area is 124 Å². The van der Waals surface area contributed by atoms with Gasteiger partial charge in [0.15, 0.2) is 0 Å². The fourth-order valence-corrected chi connectivity index (χ4v) is 2.13. The van der Waals surface area contributed by atoms with Crippen LogP contribution in [-0.2, 0) is 0 Å². The van der Waals surface area contributed by atoms with Crippen LogP contribution in [0.2, 0.25) is 0 Å². The van der Waals surface area contributed by atoms with Crippen molar-refractivity contribution in [2.24, 2.45) is 0 Å². The van der Waals surface area contributed by atoms with E-state index in [1.807, 2.05) is 37.3 Å². The summed E-state index contributed by atoms with van der Waals surface area (Å²) in [5, 5.41) is 12.9. The fourth-order valence-electron chi connectivity index (χ4n) is 2.13. The quantitative estimate of drug-likeness (QED) is 0.887. The van der Waals surface area contributed by atoms with E-state index in [0.29, 0.717) is 16.9 Å². The van der Waals surface area contributed by atoms with E-state index in [4.69, 9.17) is 4.74 Å². The number of hydrogen-bond donors (Lipinski definition) is 2. The first kappa shape index (κ1) is 15.1. The molecule has 21 heavy (non-hydrogen) atoms. The van der Waals surface area contributed by atoms with Gasteiger partial charge < -0.3 is 15.2 Å². The van der Waals surface area contributed by atoms with Crippen LogP contribution in [0.15, 0.2) is 48.5 Å². The minimum absolute atomic E-state index is 0.132. The molecule has 110 valence electrons. The van der Waals surface area contributed by atoms with Crippen molar-refractivity contribution in [3.05, 3.63) is 65.2 Å². The van der Waals surface area contributed by atoms with Crippen molar-refractivity contribution < 1.29 is 14.6 Å². The summed E-state index contributed by atoms with van der Waals surface area (Å²) in [6, 6.07) is 14.5. The number of nitrogens with one attached hydrogen (secondary N) is 1. The molecular weight excluding hydrogens is 266 g/mol. The summed E-state index contributed by atoms with van der Waals surface area (Å²) in [6.07, 6.45) is -0.810. The number of ether oxygens (including phenoxy) is 1. The Morgan fingerprint density at radius 2 is 2.00 bits per heavy atom. The highest BCUT2D eigenvalue weighted by Crippen LogP contribution is 2.24. The summed E-state index contributed by atoms with van der Waals surface area (Å²) in [7, 11) is 1.55. The first-order valence-electron chi connectivity index (χ1n) is 6.77. The van der Waals surface area contributed by atoms with Gasteiger partial charge in [0.05, 0.1) is 13.2 Å². The Hall–Kier alpha value is -2.33. The molecule has 0 aromatic heterocycles. The predicted molar refractivity (Wildman–Crippen MR) is 81.5 cm³/mol. The van der Waals surface area contributed by atoms with Crippen LogP contribution in [-0.4, -0.2) is 24.7 Å². The smallest absolute Gasteiger partial charge is 0.251 e. The highest BCUT2D eigenvalue weighted by molar-refractivity contribution is 5.94. The topological polar surface area (TPSA) is 58.6 Å². The number of aliphatic hydroxyl groups excluding tert-OH is 1. The number of aryl methyl sites for hydroxylation is 1. The largest absolute Gasteiger partial charge is 0.496 e. The van der Waals surface area contributed by atoms with Crippen LogP contribution >= 0.6 is 0 Å². The fraction of sp³-hybridized carbons (Fsp3) is 0.235. The number of carbonyl (C=O) groups is 1. The van der Waals surface area contributed by atoms with Gasteiger partial charge in [-0.1, -0.05) is 35.9 Å². The Morgan fingerprint density at radius 1 is 1.24 bits per heavy atom. The van der Waals surface area contributed by atoms with Crippen LogP contribution in [0.4, 0.5) is 0 Å². The van der Waals surface area contributed by atoms with Crippen molar-refractivity contribution in [2.45, 2.75) is 13.0 Å². The van der Waals surface area contributed by atoms with Crippen molar-refractivity contribution in [3.63, 3.8) is 0 Å². The molecule has 0 saturated heterocycles. The van der Waals surface area contributed by atoms with Gasteiger partial charge in [0.2, 0.25) is 0 Å². The van der Waals surface area contributed by atoms with Gasteiger partial charge in [-0.05, 0) is 25.1 Å². The molecule has 4 nitrogen and oxygen atoms in total. The minimum atomic E-state index is -0.810. The predicted octanol–water partition coefficient (Wildman–Crippen LogP) is 2.47. The number of rotatable bonds is 5. The first-order chi connectivity index (χ1) is 10.1. The van der Waals surface area contributed by atoms with E-state index in [9.17, 15) is 9.90 Å². The molecule has 0 aliphatic carbocycles. The first-order valence-corrected chi connectivity index (χ1v) is 6.77. The zero-order chi connectivity index (χ0) is 15.2. The zero-order valence-corrected chi connectivity index (χ0v) is 12.2. The highest BCUT2D eigenvalue weighted by Gasteiger charge is 2.14. The van der Waals surface area contributed by atoms with Crippen LogP contribution in [0, 0.1) is 6.92 Å². The van der Waals surface area contributed by atoms with Gasteiger partial charge in [-0.15, -0.1) is 0 Å². The molecule has 1 amide bonds. The van der Waals surface area contributed by atoms with E-state index in [1.165, 1.54) is 0 Å². The zero-order valence-electron chi connectivity index (χ0n) is 12.2. The molecule has 2 aromatic rings. The van der Waals surface area contributed by atoms with Crippen molar-refractivity contribution in [3.8, 4) is 5.75 Å². The van der Waals surface area contributed by atoms with E-state index in [0.717, 1.165) is 5.56 Å². The van der Waals surface area contributed by atoms with Crippen molar-refractivity contribution in [1.82, 2.24) is 5.32 Å². The molecule has 0 fully saturated rings. The normalized spacial score (nSPS) is 11.8. The van der Waals surface area contributed by atoms with E-state index in [1.54, 1.807) is 25.3 Å². The van der Waals surface area contributed by atoms with Gasteiger partial charge in [-0.3, -0.25) is 4.79 Å². The summed E-state index contributed by atoms with van der Waals surface area (Å²) in [5.41, 5.74) is 2.26. The lowest BCUT2D eigenvalue weighted by Gasteiger charge is -2.15. The van der Waals surface area contributed by atoms with Gasteiger partial charge >= 0.3 is 0 Å². The lowest BCUT2D eigenvalue weighted by atomic mass is 10.1. The second-order valence-corrected chi connectivity index (χ2v) is 4.84. The second kappa shape index (κ2) is 6.90. The third-order valence-electron chi connectivity index (χ3n) is 3.23. The summed E-state index contributed by atoms with van der Waals surface area (Å²) in [4.78, 5) is 12.0. The maximum Gasteiger partial charge on any atom is 0.251 e. The molecular formula is C17H19NO3. The maximum absolute atomic E-state index is 12.0. The molecule has 0 saturated carbocycles. The molecule has 1 atom stereocenters. The van der Waals surface area contributed by atoms with E-state index < -0.39 is 6.10 Å². The van der Waals surface area contributed by atoms with Crippen molar-refractivity contribution in [2.75, 3.05) is 13.7 Å². The molecule has 0 aliphatic heterocycles. The number of hydrogen-bond acceptors (Lipinski definition) is 3. The standard InChI is InChI=1S/C17H19NO3/c1-12-6-5-7-13(10-12)17(20)18-11-15(19)14-8-3-4-9-16(14)21-2/h3-10,15,19H,11H2,1-2H3,(H,18,20)/t15-/m0/s1. The van der Waals surface area contributed by atoms with Crippen LogP contribution < -0.4 is 10.1 Å². The number of carbonyl (C=O) groups excluding carboxylic acids is 1. The monoisotopic (exact) mass is 285 g/mol. The number of amides is 1. The van der Waals surface area contributed by atoms with Crippen molar-refractivity contribution >= 4 is 5.91 Å². The average Bonchev–Trinajstić information content (AvgIpc) is 2.52. The summed E-state index contributed by atoms with van der Waals surface area (Å²) >= 11 is 0. The Kier molecular flexibility index (Phi) is 4.95. The maximum atomic E-state index is 12.0. The minimum Gasteiger partial charge on any atom is -0.496 e. The van der Waals surface area contributed by atoms with E-state index in [2.05, 4.69) is 5.32 Å². The summed E-state index contributed by atoms with van der Waals surface area (Å²) in [6.45, 7) is 2.06. The summed E-state index contributed by atoms with van der Waals surface area (Å²) < 4.78 is 5.20. The van der Waals surface area contributed by atoms with E-state index in [-0.39, 0.29) is 12.5 Å². The van der Waals surface area contributed by atoms with Gasteiger partial charge in [-0.2, -0.15) is 0 Å². The van der Waals surface area contributed by atoms with Crippen LogP contribution in [0.25, 0.3) is 0 Å². The molecule has 0 unspecified atom stereocenters. The van der Waals surface area contributed by atoms with Crippen LogP contribution in [0.1, 0.15) is 27.6 Å². The van der Waals surface area contributed by atoms with Crippen molar-refractivity contribution in [1.29, 1.82) is 0 Å². The van der Waals surface area contributed by atoms with E-state index >= 15 is 0 Å². The molecule has 2 N–H and O–H groups in total. The summed E-state index contributed by atoms with van der Waals surface area (Å²) in [5.74, 6) is 0.405. The van der Waals surface area contributed by atoms with Gasteiger partial charge in [0, 0.05) is 17.7 Å². The second-order valence-electron chi connectivity index (χ2n) is 4.84. The number of aliphatic hydroxyl groups is 1. The Balaban J connectivity index is 2.01. The number of para-hydroxylation sites is 1.